The van der Waals surface area contributed by atoms with Crippen molar-refractivity contribution < 1.29 is 9.53 Å². The zero-order valence-electron chi connectivity index (χ0n) is 8.12. The predicted octanol–water partition coefficient (Wildman–Crippen LogP) is 1.41. The lowest BCUT2D eigenvalue weighted by atomic mass is 10.1. The zero-order chi connectivity index (χ0) is 9.84. The second-order valence-corrected chi connectivity index (χ2v) is 3.95. The number of carbonyl (C=O) groups is 1. The summed E-state index contributed by atoms with van der Waals surface area (Å²) in [6.07, 6.45) is 1.14. The van der Waals surface area contributed by atoms with E-state index in [1.807, 2.05) is 11.8 Å². The highest BCUT2D eigenvalue weighted by molar-refractivity contribution is 9.09. The van der Waals surface area contributed by atoms with Crippen molar-refractivity contribution >= 4 is 21.8 Å². The van der Waals surface area contributed by atoms with Gasteiger partial charge in [0.2, 0.25) is 5.91 Å². The topological polar surface area (TPSA) is 29.5 Å². The van der Waals surface area contributed by atoms with Gasteiger partial charge in [-0.05, 0) is 13.3 Å². The van der Waals surface area contributed by atoms with Crippen LogP contribution in [0.25, 0.3) is 0 Å². The lowest BCUT2D eigenvalue weighted by Crippen LogP contribution is -2.51. The van der Waals surface area contributed by atoms with Crippen molar-refractivity contribution in [2.45, 2.75) is 32.4 Å². The number of hydrogen-bond donors (Lipinski definition) is 0. The Balaban J connectivity index is 2.59. The molecule has 0 bridgehead atoms. The van der Waals surface area contributed by atoms with E-state index in [4.69, 9.17) is 4.74 Å². The van der Waals surface area contributed by atoms with E-state index >= 15 is 0 Å². The standard InChI is InChI=1S/C9H16BrNO2/c1-3-8-6-13-7(2)5-11(8)9(12)4-10/h7-8H,3-6H2,1-2H3. The summed E-state index contributed by atoms with van der Waals surface area (Å²) in [5, 5.41) is 0.413. The van der Waals surface area contributed by atoms with Crippen molar-refractivity contribution in [1.82, 2.24) is 4.90 Å². The van der Waals surface area contributed by atoms with Crippen LogP contribution in [0, 0.1) is 0 Å². The summed E-state index contributed by atoms with van der Waals surface area (Å²) < 4.78 is 5.50. The first-order chi connectivity index (χ1) is 6.19. The third-order valence-corrected chi connectivity index (χ3v) is 2.85. The number of amides is 1. The summed E-state index contributed by atoms with van der Waals surface area (Å²) in [5.41, 5.74) is 0. The van der Waals surface area contributed by atoms with Gasteiger partial charge in [0.05, 0.1) is 24.1 Å². The molecule has 0 saturated carbocycles. The van der Waals surface area contributed by atoms with Gasteiger partial charge in [-0.2, -0.15) is 0 Å². The minimum atomic E-state index is 0.169. The molecule has 0 radical (unpaired) electrons. The summed E-state index contributed by atoms with van der Waals surface area (Å²) >= 11 is 3.19. The Morgan fingerprint density at radius 3 is 2.92 bits per heavy atom. The van der Waals surface area contributed by atoms with E-state index in [0.29, 0.717) is 11.9 Å². The smallest absolute Gasteiger partial charge is 0.233 e. The van der Waals surface area contributed by atoms with Gasteiger partial charge in [0, 0.05) is 6.54 Å². The summed E-state index contributed by atoms with van der Waals surface area (Å²) in [7, 11) is 0. The number of halogens is 1. The first-order valence-corrected chi connectivity index (χ1v) is 5.78. The van der Waals surface area contributed by atoms with E-state index in [9.17, 15) is 4.79 Å². The second kappa shape index (κ2) is 4.96. The number of rotatable bonds is 2. The SMILES string of the molecule is CCC1COC(C)CN1C(=O)CBr. The van der Waals surface area contributed by atoms with Crippen LogP contribution >= 0.6 is 15.9 Å². The molecule has 1 aliphatic rings. The van der Waals surface area contributed by atoms with Gasteiger partial charge < -0.3 is 9.64 Å². The van der Waals surface area contributed by atoms with Gasteiger partial charge in [0.1, 0.15) is 0 Å². The fourth-order valence-corrected chi connectivity index (χ4v) is 1.89. The molecule has 3 nitrogen and oxygen atoms in total. The van der Waals surface area contributed by atoms with Crippen molar-refractivity contribution in [2.24, 2.45) is 0 Å². The number of hydrogen-bond acceptors (Lipinski definition) is 2. The van der Waals surface area contributed by atoms with E-state index in [0.717, 1.165) is 13.0 Å². The van der Waals surface area contributed by atoms with Crippen molar-refractivity contribution in [3.05, 3.63) is 0 Å². The Morgan fingerprint density at radius 2 is 2.38 bits per heavy atom. The maximum atomic E-state index is 11.5. The minimum Gasteiger partial charge on any atom is -0.375 e. The third-order valence-electron chi connectivity index (χ3n) is 2.37. The van der Waals surface area contributed by atoms with Crippen LogP contribution < -0.4 is 0 Å². The molecule has 4 heteroatoms. The Labute approximate surface area is 87.6 Å². The molecule has 0 aliphatic carbocycles. The van der Waals surface area contributed by atoms with Gasteiger partial charge >= 0.3 is 0 Å². The van der Waals surface area contributed by atoms with Crippen LogP contribution in [0.4, 0.5) is 0 Å². The summed E-state index contributed by atoms with van der Waals surface area (Å²) in [6, 6.07) is 0.265. The normalized spacial score (nSPS) is 29.0. The van der Waals surface area contributed by atoms with Gasteiger partial charge in [-0.25, -0.2) is 0 Å². The highest BCUT2D eigenvalue weighted by Gasteiger charge is 2.28. The lowest BCUT2D eigenvalue weighted by Gasteiger charge is -2.38. The number of morpholine rings is 1. The maximum Gasteiger partial charge on any atom is 0.233 e. The molecule has 0 N–H and O–H groups in total. The Hall–Kier alpha value is -0.0900. The van der Waals surface area contributed by atoms with Crippen LogP contribution in [-0.4, -0.2) is 41.4 Å². The Kier molecular flexibility index (Phi) is 4.19. The highest BCUT2D eigenvalue weighted by atomic mass is 79.9. The van der Waals surface area contributed by atoms with E-state index in [2.05, 4.69) is 22.9 Å². The molecule has 1 rings (SSSR count). The summed E-state index contributed by atoms with van der Waals surface area (Å²) in [4.78, 5) is 13.4. The first-order valence-electron chi connectivity index (χ1n) is 4.66. The van der Waals surface area contributed by atoms with Crippen LogP contribution in [-0.2, 0) is 9.53 Å². The van der Waals surface area contributed by atoms with Gasteiger partial charge in [0.15, 0.2) is 0 Å². The van der Waals surface area contributed by atoms with E-state index < -0.39 is 0 Å². The van der Waals surface area contributed by atoms with Crippen molar-refractivity contribution in [3.63, 3.8) is 0 Å². The van der Waals surface area contributed by atoms with Crippen LogP contribution in [0.2, 0.25) is 0 Å². The van der Waals surface area contributed by atoms with Crippen LogP contribution in [0.1, 0.15) is 20.3 Å². The average molecular weight is 250 g/mol. The fraction of sp³-hybridized carbons (Fsp3) is 0.889. The van der Waals surface area contributed by atoms with Gasteiger partial charge in [-0.1, -0.05) is 22.9 Å². The molecule has 0 aromatic carbocycles. The molecule has 1 aliphatic heterocycles. The third kappa shape index (κ3) is 2.68. The Bertz CT molecular complexity index is 186. The summed E-state index contributed by atoms with van der Waals surface area (Å²) in [5.74, 6) is 0.169. The van der Waals surface area contributed by atoms with E-state index in [1.54, 1.807) is 0 Å². The van der Waals surface area contributed by atoms with Gasteiger partial charge in [0.25, 0.3) is 0 Å². The average Bonchev–Trinajstić information content (AvgIpc) is 2.16. The molecule has 0 aromatic heterocycles. The molecular formula is C9H16BrNO2. The quantitative estimate of drug-likeness (QED) is 0.693. The minimum absolute atomic E-state index is 0.169. The molecule has 1 saturated heterocycles. The number of ether oxygens (including phenoxy) is 1. The molecule has 2 atom stereocenters. The van der Waals surface area contributed by atoms with Gasteiger partial charge in [-0.15, -0.1) is 0 Å². The second-order valence-electron chi connectivity index (χ2n) is 3.39. The van der Waals surface area contributed by atoms with E-state index in [-0.39, 0.29) is 18.1 Å². The van der Waals surface area contributed by atoms with E-state index in [1.165, 1.54) is 0 Å². The molecule has 13 heavy (non-hydrogen) atoms. The van der Waals surface area contributed by atoms with Crippen molar-refractivity contribution in [1.29, 1.82) is 0 Å². The summed E-state index contributed by atoms with van der Waals surface area (Å²) in [6.45, 7) is 5.48. The number of carbonyl (C=O) groups excluding carboxylic acids is 1. The first kappa shape index (κ1) is 11.0. The van der Waals surface area contributed by atoms with Crippen molar-refractivity contribution in [2.75, 3.05) is 18.5 Å². The number of alkyl halides is 1. The number of nitrogens with zero attached hydrogens (tertiary/aromatic N) is 1. The fourth-order valence-electron chi connectivity index (χ4n) is 1.56. The predicted molar refractivity (Wildman–Crippen MR) is 55.0 cm³/mol. The molecule has 1 amide bonds. The molecule has 2 unspecified atom stereocenters. The Morgan fingerprint density at radius 1 is 1.69 bits per heavy atom. The molecule has 1 fully saturated rings. The molecular weight excluding hydrogens is 234 g/mol. The largest absolute Gasteiger partial charge is 0.375 e. The van der Waals surface area contributed by atoms with Crippen molar-refractivity contribution in [3.8, 4) is 0 Å². The molecule has 1 heterocycles. The molecule has 0 spiro atoms. The molecule has 76 valence electrons. The van der Waals surface area contributed by atoms with Crippen LogP contribution in [0.15, 0.2) is 0 Å². The molecule has 0 aromatic rings. The van der Waals surface area contributed by atoms with Crippen LogP contribution in [0.5, 0.6) is 0 Å². The maximum absolute atomic E-state index is 11.5. The monoisotopic (exact) mass is 249 g/mol. The van der Waals surface area contributed by atoms with Crippen LogP contribution in [0.3, 0.4) is 0 Å². The van der Waals surface area contributed by atoms with Gasteiger partial charge in [-0.3, -0.25) is 4.79 Å². The highest BCUT2D eigenvalue weighted by Crippen LogP contribution is 2.14. The lowest BCUT2D eigenvalue weighted by molar-refractivity contribution is -0.141. The zero-order valence-corrected chi connectivity index (χ0v) is 9.71.